The van der Waals surface area contributed by atoms with Crippen molar-refractivity contribution in [3.8, 4) is 11.5 Å². The Morgan fingerprint density at radius 1 is 1.06 bits per heavy atom. The molecule has 0 atom stereocenters. The van der Waals surface area contributed by atoms with Crippen LogP contribution in [0, 0.1) is 0 Å². The lowest BCUT2D eigenvalue weighted by atomic mass is 10.0. The number of benzene rings is 2. The number of anilines is 1. The normalized spacial score (nSPS) is 13.5. The van der Waals surface area contributed by atoms with Gasteiger partial charge in [0.15, 0.2) is 11.5 Å². The van der Waals surface area contributed by atoms with Gasteiger partial charge >= 0.3 is 0 Å². The fraction of sp³-hybridized carbons (Fsp3) is 0.208. The van der Waals surface area contributed by atoms with E-state index in [9.17, 15) is 9.59 Å². The molecule has 164 valence electrons. The van der Waals surface area contributed by atoms with Crippen LogP contribution in [0.2, 0.25) is 0 Å². The summed E-state index contributed by atoms with van der Waals surface area (Å²) in [7, 11) is 3.17. The summed E-state index contributed by atoms with van der Waals surface area (Å²) in [5, 5.41) is 8.97. The van der Waals surface area contributed by atoms with E-state index < -0.39 is 0 Å². The molecule has 0 spiro atoms. The fourth-order valence-electron chi connectivity index (χ4n) is 3.55. The van der Waals surface area contributed by atoms with Gasteiger partial charge in [0.05, 0.1) is 26.5 Å². The SMILES string of the molecule is COc1ccc(C2=NN(Cc3ccccc3NC(=O)c3ccc[nH]3)C(=O)CC2)cc1OC. The van der Waals surface area contributed by atoms with Gasteiger partial charge in [0, 0.05) is 30.3 Å². The predicted molar refractivity (Wildman–Crippen MR) is 121 cm³/mol. The number of aromatic amines is 1. The number of rotatable bonds is 7. The van der Waals surface area contributed by atoms with Crippen LogP contribution in [0.5, 0.6) is 11.5 Å². The number of amides is 2. The molecule has 0 saturated carbocycles. The summed E-state index contributed by atoms with van der Waals surface area (Å²) in [5.41, 5.74) is 3.54. The maximum atomic E-state index is 12.6. The van der Waals surface area contributed by atoms with E-state index in [0.717, 1.165) is 16.8 Å². The van der Waals surface area contributed by atoms with Crippen molar-refractivity contribution in [2.24, 2.45) is 5.10 Å². The van der Waals surface area contributed by atoms with E-state index in [2.05, 4.69) is 15.4 Å². The lowest BCUT2D eigenvalue weighted by molar-refractivity contribution is -0.132. The largest absolute Gasteiger partial charge is 0.493 e. The van der Waals surface area contributed by atoms with Gasteiger partial charge in [-0.2, -0.15) is 5.10 Å². The van der Waals surface area contributed by atoms with E-state index in [4.69, 9.17) is 9.47 Å². The van der Waals surface area contributed by atoms with E-state index in [1.165, 1.54) is 5.01 Å². The number of methoxy groups -OCH3 is 2. The molecule has 1 aromatic heterocycles. The second-order valence-corrected chi connectivity index (χ2v) is 7.26. The number of aromatic nitrogens is 1. The summed E-state index contributed by atoms with van der Waals surface area (Å²) in [6.07, 6.45) is 2.58. The Morgan fingerprint density at radius 3 is 2.62 bits per heavy atom. The van der Waals surface area contributed by atoms with E-state index in [1.807, 2.05) is 42.5 Å². The molecule has 4 rings (SSSR count). The molecule has 0 aliphatic carbocycles. The third-order valence-electron chi connectivity index (χ3n) is 5.25. The fourth-order valence-corrected chi connectivity index (χ4v) is 3.55. The lowest BCUT2D eigenvalue weighted by Gasteiger charge is -2.25. The first-order valence-electron chi connectivity index (χ1n) is 10.2. The number of H-pyrrole nitrogens is 1. The van der Waals surface area contributed by atoms with Crippen LogP contribution in [0.15, 0.2) is 65.9 Å². The van der Waals surface area contributed by atoms with Crippen molar-refractivity contribution in [1.82, 2.24) is 9.99 Å². The number of ether oxygens (including phenoxy) is 2. The average molecular weight is 432 g/mol. The molecule has 2 aromatic carbocycles. The Hall–Kier alpha value is -4.07. The van der Waals surface area contributed by atoms with Gasteiger partial charge < -0.3 is 19.8 Å². The highest BCUT2D eigenvalue weighted by Gasteiger charge is 2.23. The molecule has 0 bridgehead atoms. The Kier molecular flexibility index (Phi) is 6.21. The first kappa shape index (κ1) is 21.2. The van der Waals surface area contributed by atoms with Crippen molar-refractivity contribution in [1.29, 1.82) is 0 Å². The van der Waals surface area contributed by atoms with Crippen molar-refractivity contribution in [2.45, 2.75) is 19.4 Å². The molecular formula is C24H24N4O4. The number of carbonyl (C=O) groups excluding carboxylic acids is 2. The Morgan fingerprint density at radius 2 is 1.88 bits per heavy atom. The Bertz CT molecular complexity index is 1150. The Labute approximate surface area is 185 Å². The maximum absolute atomic E-state index is 12.6. The highest BCUT2D eigenvalue weighted by atomic mass is 16.5. The molecule has 0 unspecified atom stereocenters. The quantitative estimate of drug-likeness (QED) is 0.593. The van der Waals surface area contributed by atoms with Crippen LogP contribution in [0.25, 0.3) is 0 Å². The molecule has 0 saturated heterocycles. The molecule has 3 aromatic rings. The number of hydrogen-bond acceptors (Lipinski definition) is 5. The highest BCUT2D eigenvalue weighted by Crippen LogP contribution is 2.29. The average Bonchev–Trinajstić information content (AvgIpc) is 3.36. The third kappa shape index (κ3) is 4.49. The molecule has 2 heterocycles. The summed E-state index contributed by atoms with van der Waals surface area (Å²) in [6.45, 7) is 0.247. The first-order valence-corrected chi connectivity index (χ1v) is 10.2. The number of nitrogens with zero attached hydrogens (tertiary/aromatic N) is 2. The summed E-state index contributed by atoms with van der Waals surface area (Å²) in [6, 6.07) is 16.4. The molecule has 1 aliphatic rings. The zero-order valence-corrected chi connectivity index (χ0v) is 17.9. The molecule has 2 N–H and O–H groups in total. The van der Waals surface area contributed by atoms with Gasteiger partial charge in [-0.3, -0.25) is 9.59 Å². The van der Waals surface area contributed by atoms with Crippen molar-refractivity contribution in [3.63, 3.8) is 0 Å². The molecule has 2 amide bonds. The number of carbonyl (C=O) groups is 2. The zero-order chi connectivity index (χ0) is 22.5. The Balaban J connectivity index is 1.58. The predicted octanol–water partition coefficient (Wildman–Crippen LogP) is 3.81. The molecule has 1 aliphatic heterocycles. The van der Waals surface area contributed by atoms with Crippen molar-refractivity contribution in [3.05, 3.63) is 77.6 Å². The number of hydrazone groups is 1. The van der Waals surface area contributed by atoms with Gasteiger partial charge in [0.2, 0.25) is 5.91 Å². The summed E-state index contributed by atoms with van der Waals surface area (Å²) in [5.74, 6) is 0.919. The topological polar surface area (TPSA) is 96.0 Å². The molecule has 0 fully saturated rings. The summed E-state index contributed by atoms with van der Waals surface area (Å²) in [4.78, 5) is 28.0. The van der Waals surface area contributed by atoms with Crippen LogP contribution in [-0.4, -0.2) is 41.7 Å². The van der Waals surface area contributed by atoms with Gasteiger partial charge in [-0.1, -0.05) is 18.2 Å². The number of para-hydroxylation sites is 1. The molecule has 32 heavy (non-hydrogen) atoms. The van der Waals surface area contributed by atoms with Crippen LogP contribution in [0.3, 0.4) is 0 Å². The lowest BCUT2D eigenvalue weighted by Crippen LogP contribution is -2.32. The van der Waals surface area contributed by atoms with Crippen molar-refractivity contribution in [2.75, 3.05) is 19.5 Å². The molecule has 8 nitrogen and oxygen atoms in total. The van der Waals surface area contributed by atoms with Crippen molar-refractivity contribution >= 4 is 23.2 Å². The van der Waals surface area contributed by atoms with Crippen LogP contribution < -0.4 is 14.8 Å². The van der Waals surface area contributed by atoms with Gasteiger partial charge in [-0.25, -0.2) is 5.01 Å². The minimum Gasteiger partial charge on any atom is -0.493 e. The van der Waals surface area contributed by atoms with Crippen LogP contribution >= 0.6 is 0 Å². The number of nitrogens with one attached hydrogen (secondary N) is 2. The monoisotopic (exact) mass is 432 g/mol. The third-order valence-corrected chi connectivity index (χ3v) is 5.25. The minimum absolute atomic E-state index is 0.0697. The molecular weight excluding hydrogens is 408 g/mol. The highest BCUT2D eigenvalue weighted by molar-refractivity contribution is 6.05. The standard InChI is InChI=1S/C24H24N4O4/c1-31-21-11-9-16(14-22(21)32-2)19-10-12-23(29)28(27-19)15-17-6-3-4-7-18(17)26-24(30)20-8-5-13-25-20/h3-9,11,13-14,25H,10,12,15H2,1-2H3,(H,26,30). The summed E-state index contributed by atoms with van der Waals surface area (Å²) < 4.78 is 10.7. The second kappa shape index (κ2) is 9.38. The van der Waals surface area contributed by atoms with E-state index in [0.29, 0.717) is 35.7 Å². The first-order chi connectivity index (χ1) is 15.6. The van der Waals surface area contributed by atoms with Gasteiger partial charge in [0.1, 0.15) is 5.69 Å². The second-order valence-electron chi connectivity index (χ2n) is 7.26. The number of hydrogen-bond donors (Lipinski definition) is 2. The van der Waals surface area contributed by atoms with Crippen LogP contribution in [0.4, 0.5) is 5.69 Å². The molecule has 8 heteroatoms. The van der Waals surface area contributed by atoms with E-state index >= 15 is 0 Å². The van der Waals surface area contributed by atoms with E-state index in [-0.39, 0.29) is 18.4 Å². The zero-order valence-electron chi connectivity index (χ0n) is 17.9. The smallest absolute Gasteiger partial charge is 0.272 e. The van der Waals surface area contributed by atoms with Crippen LogP contribution in [0.1, 0.15) is 34.5 Å². The van der Waals surface area contributed by atoms with Gasteiger partial charge in [0.25, 0.3) is 5.91 Å². The van der Waals surface area contributed by atoms with Crippen LogP contribution in [-0.2, 0) is 11.3 Å². The van der Waals surface area contributed by atoms with Gasteiger partial charge in [-0.05, 0) is 42.0 Å². The maximum Gasteiger partial charge on any atom is 0.272 e. The molecule has 0 radical (unpaired) electrons. The van der Waals surface area contributed by atoms with E-state index in [1.54, 1.807) is 32.5 Å². The minimum atomic E-state index is -0.248. The van der Waals surface area contributed by atoms with Crippen molar-refractivity contribution < 1.29 is 19.1 Å². The van der Waals surface area contributed by atoms with Gasteiger partial charge in [-0.15, -0.1) is 0 Å². The summed E-state index contributed by atoms with van der Waals surface area (Å²) >= 11 is 0.